The molecule has 2 heterocycles. The van der Waals surface area contributed by atoms with E-state index in [1.165, 1.54) is 7.11 Å². The van der Waals surface area contributed by atoms with Gasteiger partial charge in [0.2, 0.25) is 0 Å². The van der Waals surface area contributed by atoms with E-state index in [2.05, 4.69) is 4.90 Å². The molecule has 2 aliphatic heterocycles. The zero-order valence-electron chi connectivity index (χ0n) is 19.4. The van der Waals surface area contributed by atoms with Crippen LogP contribution < -0.4 is 15.6 Å². The van der Waals surface area contributed by atoms with Crippen LogP contribution in [0.25, 0.3) is 0 Å². The number of methoxy groups -OCH3 is 1. The number of fused-ring (bicyclic) bond motifs is 1. The number of hydrogen-bond donors (Lipinski definition) is 1. The summed E-state index contributed by atoms with van der Waals surface area (Å²) in [5.74, 6) is 5.47. The van der Waals surface area contributed by atoms with Crippen LogP contribution in [0.1, 0.15) is 35.6 Å². The van der Waals surface area contributed by atoms with Gasteiger partial charge in [0.25, 0.3) is 5.91 Å². The number of anilines is 1. The maximum Gasteiger partial charge on any atom is 0.416 e. The van der Waals surface area contributed by atoms with Crippen molar-refractivity contribution in [3.8, 4) is 5.75 Å². The van der Waals surface area contributed by atoms with E-state index in [0.717, 1.165) is 19.4 Å². The zero-order chi connectivity index (χ0) is 26.3. The molecule has 4 rings (SSSR count). The molecule has 1 unspecified atom stereocenters. The molecule has 1 amide bonds. The molecule has 2 aliphatic rings. The molecular weight excluding hydrogens is 490 g/mol. The Kier molecular flexibility index (Phi) is 7.22. The first kappa shape index (κ1) is 26.2. The molecule has 2 atom stereocenters. The molecule has 36 heavy (non-hydrogen) atoms. The monoisotopic (exact) mass is 516 g/mol. The van der Waals surface area contributed by atoms with Gasteiger partial charge in [-0.25, -0.2) is 10.9 Å². The third-order valence-corrected chi connectivity index (χ3v) is 6.74. The van der Waals surface area contributed by atoms with Crippen molar-refractivity contribution in [2.24, 2.45) is 5.84 Å². The Morgan fingerprint density at radius 3 is 2.28 bits per heavy atom. The van der Waals surface area contributed by atoms with Gasteiger partial charge in [-0.15, -0.1) is 0 Å². The third kappa shape index (κ3) is 5.30. The third-order valence-electron chi connectivity index (χ3n) is 6.74. The van der Waals surface area contributed by atoms with Crippen LogP contribution in [-0.2, 0) is 17.1 Å². The molecule has 0 radical (unpaired) electrons. The molecule has 2 saturated heterocycles. The number of nitrogens with zero attached hydrogens (tertiary/aromatic N) is 3. The summed E-state index contributed by atoms with van der Waals surface area (Å²) in [7, 11) is 1.41. The molecular formula is C24H26F6N4O2. The minimum atomic E-state index is -5.07. The van der Waals surface area contributed by atoms with Crippen molar-refractivity contribution in [1.82, 2.24) is 9.80 Å². The smallest absolute Gasteiger partial charge is 0.416 e. The highest BCUT2D eigenvalue weighted by Gasteiger charge is 2.41. The van der Waals surface area contributed by atoms with E-state index in [1.807, 2.05) is 4.90 Å². The summed E-state index contributed by atoms with van der Waals surface area (Å²) in [6.45, 7) is 2.59. The van der Waals surface area contributed by atoms with Crippen molar-refractivity contribution in [1.29, 1.82) is 0 Å². The van der Waals surface area contributed by atoms with Crippen LogP contribution in [0.3, 0.4) is 0 Å². The number of para-hydroxylation sites is 1. The highest BCUT2D eigenvalue weighted by atomic mass is 19.4. The van der Waals surface area contributed by atoms with Gasteiger partial charge in [-0.2, -0.15) is 26.3 Å². The van der Waals surface area contributed by atoms with Crippen LogP contribution in [0, 0.1) is 0 Å². The molecule has 0 spiro atoms. The first-order valence-corrected chi connectivity index (χ1v) is 11.4. The lowest BCUT2D eigenvalue weighted by atomic mass is 9.99. The largest absolute Gasteiger partial charge is 0.496 e. The first-order valence-electron chi connectivity index (χ1n) is 11.4. The minimum Gasteiger partial charge on any atom is -0.496 e. The number of ether oxygens (including phenoxy) is 1. The molecule has 0 saturated carbocycles. The molecule has 6 nitrogen and oxygen atoms in total. The Balaban J connectivity index is 1.75. The van der Waals surface area contributed by atoms with E-state index in [0.29, 0.717) is 48.1 Å². The van der Waals surface area contributed by atoms with Crippen molar-refractivity contribution in [3.63, 3.8) is 0 Å². The van der Waals surface area contributed by atoms with Crippen molar-refractivity contribution in [2.45, 2.75) is 37.3 Å². The second-order valence-corrected chi connectivity index (χ2v) is 8.94. The Morgan fingerprint density at radius 1 is 1.03 bits per heavy atom. The van der Waals surface area contributed by atoms with Crippen LogP contribution in [-0.4, -0.2) is 55.0 Å². The number of carbonyl (C=O) groups is 1. The van der Waals surface area contributed by atoms with Gasteiger partial charge in [-0.05, 0) is 43.7 Å². The Hall–Kier alpha value is -2.83. The Labute approximate surface area is 204 Å². The lowest BCUT2D eigenvalue weighted by Gasteiger charge is -2.42. The number of alkyl halides is 6. The second-order valence-electron chi connectivity index (χ2n) is 8.94. The quantitative estimate of drug-likeness (QED) is 0.275. The highest BCUT2D eigenvalue weighted by molar-refractivity contribution is 5.97. The summed E-state index contributed by atoms with van der Waals surface area (Å²) in [6, 6.07) is 6.66. The van der Waals surface area contributed by atoms with Crippen LogP contribution in [0.2, 0.25) is 0 Å². The molecule has 2 aromatic carbocycles. The van der Waals surface area contributed by atoms with E-state index in [4.69, 9.17) is 10.6 Å². The molecule has 0 bridgehead atoms. The number of halogens is 6. The Morgan fingerprint density at radius 2 is 1.67 bits per heavy atom. The van der Waals surface area contributed by atoms with Gasteiger partial charge in [0.15, 0.2) is 0 Å². The molecule has 0 aromatic heterocycles. The van der Waals surface area contributed by atoms with Gasteiger partial charge < -0.3 is 4.74 Å². The van der Waals surface area contributed by atoms with Crippen LogP contribution in [0.15, 0.2) is 42.5 Å². The fourth-order valence-corrected chi connectivity index (χ4v) is 4.96. The van der Waals surface area contributed by atoms with Crippen LogP contribution in [0.5, 0.6) is 5.75 Å². The second kappa shape index (κ2) is 9.91. The van der Waals surface area contributed by atoms with Gasteiger partial charge >= 0.3 is 12.4 Å². The van der Waals surface area contributed by atoms with Crippen molar-refractivity contribution in [3.05, 3.63) is 59.2 Å². The average Bonchev–Trinajstić information content (AvgIpc) is 3.30. The number of hydrazine groups is 1. The maximum absolute atomic E-state index is 13.8. The number of amides is 1. The van der Waals surface area contributed by atoms with E-state index >= 15 is 0 Å². The molecule has 2 N–H and O–H groups in total. The van der Waals surface area contributed by atoms with Gasteiger partial charge in [0, 0.05) is 31.2 Å². The van der Waals surface area contributed by atoms with Gasteiger partial charge in [0.05, 0.1) is 23.9 Å². The predicted octanol–water partition coefficient (Wildman–Crippen LogP) is 4.46. The summed E-state index contributed by atoms with van der Waals surface area (Å²) in [4.78, 5) is 17.9. The number of hydrogen-bond acceptors (Lipinski definition) is 5. The van der Waals surface area contributed by atoms with E-state index < -0.39 is 41.1 Å². The number of benzene rings is 2. The average molecular weight is 516 g/mol. The summed E-state index contributed by atoms with van der Waals surface area (Å²) in [6.07, 6.45) is -8.20. The Bertz CT molecular complexity index is 1070. The van der Waals surface area contributed by atoms with Crippen molar-refractivity contribution < 1.29 is 35.9 Å². The predicted molar refractivity (Wildman–Crippen MR) is 120 cm³/mol. The number of rotatable bonds is 5. The van der Waals surface area contributed by atoms with Crippen LogP contribution in [0.4, 0.5) is 32.0 Å². The van der Waals surface area contributed by atoms with Crippen LogP contribution >= 0.6 is 0 Å². The SMILES string of the molecule is COc1ccccc1C(C(=O)N(N)c1cc(C(F)(F)F)cc(C(F)(F)F)c1)N1CCN2CCC[C@@H]2C1. The number of carbonyl (C=O) groups excluding carboxylic acids is 1. The van der Waals surface area contributed by atoms with E-state index in [9.17, 15) is 31.1 Å². The normalized spacial score (nSPS) is 20.2. The topological polar surface area (TPSA) is 62.0 Å². The van der Waals surface area contributed by atoms with E-state index in [1.54, 1.807) is 24.3 Å². The number of nitrogens with two attached hydrogens (primary N) is 1. The highest BCUT2D eigenvalue weighted by Crippen LogP contribution is 2.39. The molecule has 196 valence electrons. The standard InChI is InChI=1S/C24H26F6N4O2/c1-36-20-7-3-2-6-19(20)21(33-10-9-32-8-4-5-17(32)14-33)22(35)34(31)18-12-15(23(25,26)27)11-16(13-18)24(28,29)30/h2-3,6-7,11-13,17,21H,4-5,8-10,14,31H2,1H3/t17-,21?/m1/s1. The lowest BCUT2D eigenvalue weighted by molar-refractivity contribution is -0.143. The fraction of sp³-hybridized carbons (Fsp3) is 0.458. The van der Waals surface area contributed by atoms with E-state index in [-0.39, 0.29) is 12.1 Å². The maximum atomic E-state index is 13.8. The number of piperazine rings is 1. The summed E-state index contributed by atoms with van der Waals surface area (Å²) >= 11 is 0. The molecule has 2 fully saturated rings. The first-order chi connectivity index (χ1) is 16.9. The van der Waals surface area contributed by atoms with Gasteiger partial charge in [-0.3, -0.25) is 14.6 Å². The molecule has 2 aromatic rings. The summed E-state index contributed by atoms with van der Waals surface area (Å²) in [5.41, 5.74) is -3.38. The molecule has 0 aliphatic carbocycles. The van der Waals surface area contributed by atoms with Gasteiger partial charge in [-0.1, -0.05) is 18.2 Å². The van der Waals surface area contributed by atoms with Crippen molar-refractivity contribution in [2.75, 3.05) is 38.3 Å². The summed E-state index contributed by atoms with van der Waals surface area (Å²) < 4.78 is 85.8. The molecule has 12 heteroatoms. The summed E-state index contributed by atoms with van der Waals surface area (Å²) in [5, 5.41) is 0.378. The van der Waals surface area contributed by atoms with Gasteiger partial charge in [0.1, 0.15) is 11.8 Å². The lowest BCUT2D eigenvalue weighted by Crippen LogP contribution is -2.55. The van der Waals surface area contributed by atoms with Crippen molar-refractivity contribution >= 4 is 11.6 Å². The minimum absolute atomic E-state index is 0.00115. The fourth-order valence-electron chi connectivity index (χ4n) is 4.96. The zero-order valence-corrected chi connectivity index (χ0v) is 19.4.